The summed E-state index contributed by atoms with van der Waals surface area (Å²) in [7, 11) is 0. The number of aliphatic hydroxyl groups is 1. The van der Waals surface area contributed by atoms with Crippen LogP contribution in [0.5, 0.6) is 0 Å². The molecule has 1 aromatic heterocycles. The highest BCUT2D eigenvalue weighted by Gasteiger charge is 2.43. The van der Waals surface area contributed by atoms with Crippen LogP contribution in [-0.2, 0) is 5.60 Å². The summed E-state index contributed by atoms with van der Waals surface area (Å²) in [4.78, 5) is 3.79. The molecule has 1 saturated carbocycles. The molecule has 0 amide bonds. The standard InChI is InChI=1S/C8H8FNO/c9-6-1-2-7(10-5-6)8(11)3-4-8/h1-2,5,11H,3-4H2. The number of pyridine rings is 1. The van der Waals surface area contributed by atoms with Crippen molar-refractivity contribution in [2.75, 3.05) is 0 Å². The zero-order valence-electron chi connectivity index (χ0n) is 5.92. The number of rotatable bonds is 1. The highest BCUT2D eigenvalue weighted by Crippen LogP contribution is 2.43. The van der Waals surface area contributed by atoms with Gasteiger partial charge in [0.1, 0.15) is 11.4 Å². The first-order valence-corrected chi connectivity index (χ1v) is 3.55. The fourth-order valence-corrected chi connectivity index (χ4v) is 1.03. The van der Waals surface area contributed by atoms with Gasteiger partial charge in [0, 0.05) is 0 Å². The van der Waals surface area contributed by atoms with Crippen LogP contribution in [0, 0.1) is 5.82 Å². The molecule has 0 aromatic carbocycles. The lowest BCUT2D eigenvalue weighted by Crippen LogP contribution is -2.06. The molecule has 1 aliphatic carbocycles. The molecule has 2 nitrogen and oxygen atoms in total. The van der Waals surface area contributed by atoms with Gasteiger partial charge in [0.2, 0.25) is 0 Å². The number of aromatic nitrogens is 1. The van der Waals surface area contributed by atoms with Gasteiger partial charge in [0.15, 0.2) is 0 Å². The van der Waals surface area contributed by atoms with E-state index in [1.54, 1.807) is 0 Å². The molecule has 1 heterocycles. The normalized spacial score (nSPS) is 19.8. The Kier molecular flexibility index (Phi) is 1.23. The van der Waals surface area contributed by atoms with Crippen molar-refractivity contribution in [3.8, 4) is 0 Å². The lowest BCUT2D eigenvalue weighted by Gasteiger charge is -2.04. The Morgan fingerprint density at radius 1 is 1.45 bits per heavy atom. The summed E-state index contributed by atoms with van der Waals surface area (Å²) in [6, 6.07) is 2.85. The van der Waals surface area contributed by atoms with Gasteiger partial charge in [-0.2, -0.15) is 0 Å². The summed E-state index contributed by atoms with van der Waals surface area (Å²) in [6.45, 7) is 0. The van der Waals surface area contributed by atoms with E-state index in [0.717, 1.165) is 19.0 Å². The minimum atomic E-state index is -0.742. The summed E-state index contributed by atoms with van der Waals surface area (Å²) in [5.74, 6) is -0.363. The highest BCUT2D eigenvalue weighted by atomic mass is 19.1. The van der Waals surface area contributed by atoms with Crippen molar-refractivity contribution in [3.05, 3.63) is 29.8 Å². The van der Waals surface area contributed by atoms with E-state index in [1.165, 1.54) is 12.1 Å². The zero-order valence-corrected chi connectivity index (χ0v) is 5.92. The number of halogens is 1. The second kappa shape index (κ2) is 2.01. The van der Waals surface area contributed by atoms with Crippen molar-refractivity contribution in [3.63, 3.8) is 0 Å². The molecule has 0 unspecified atom stereocenters. The summed E-state index contributed by atoms with van der Waals surface area (Å²) in [6.07, 6.45) is 2.61. The minimum Gasteiger partial charge on any atom is -0.384 e. The van der Waals surface area contributed by atoms with E-state index in [4.69, 9.17) is 0 Å². The van der Waals surface area contributed by atoms with Gasteiger partial charge >= 0.3 is 0 Å². The maximum absolute atomic E-state index is 12.4. The predicted molar refractivity (Wildman–Crippen MR) is 37.3 cm³/mol. The van der Waals surface area contributed by atoms with E-state index in [1.807, 2.05) is 0 Å². The van der Waals surface area contributed by atoms with Crippen LogP contribution in [0.15, 0.2) is 18.3 Å². The first-order chi connectivity index (χ1) is 5.21. The summed E-state index contributed by atoms with van der Waals surface area (Å²) >= 11 is 0. The Labute approximate surface area is 63.7 Å². The molecule has 11 heavy (non-hydrogen) atoms. The molecule has 2 rings (SSSR count). The Morgan fingerprint density at radius 3 is 2.64 bits per heavy atom. The topological polar surface area (TPSA) is 33.1 Å². The van der Waals surface area contributed by atoms with Crippen molar-refractivity contribution in [1.29, 1.82) is 0 Å². The molecule has 1 aromatic rings. The molecule has 0 atom stereocenters. The molecule has 0 aliphatic heterocycles. The van der Waals surface area contributed by atoms with Crippen LogP contribution in [0.3, 0.4) is 0 Å². The van der Waals surface area contributed by atoms with Crippen LogP contribution in [0.25, 0.3) is 0 Å². The van der Waals surface area contributed by atoms with Crippen molar-refractivity contribution in [1.82, 2.24) is 4.98 Å². The van der Waals surface area contributed by atoms with Crippen molar-refractivity contribution in [2.45, 2.75) is 18.4 Å². The van der Waals surface area contributed by atoms with Crippen molar-refractivity contribution >= 4 is 0 Å². The van der Waals surface area contributed by atoms with Crippen molar-refractivity contribution < 1.29 is 9.50 Å². The Balaban J connectivity index is 2.33. The molecule has 0 radical (unpaired) electrons. The first-order valence-electron chi connectivity index (χ1n) is 3.55. The van der Waals surface area contributed by atoms with Gasteiger partial charge in [0.25, 0.3) is 0 Å². The van der Waals surface area contributed by atoms with Crippen LogP contribution in [-0.4, -0.2) is 10.1 Å². The van der Waals surface area contributed by atoms with E-state index in [2.05, 4.69) is 4.98 Å². The fourth-order valence-electron chi connectivity index (χ4n) is 1.03. The average molecular weight is 153 g/mol. The van der Waals surface area contributed by atoms with Crippen LogP contribution in [0.1, 0.15) is 18.5 Å². The second-order valence-corrected chi connectivity index (χ2v) is 2.89. The third-order valence-corrected chi connectivity index (χ3v) is 1.93. The Bertz CT molecular complexity index is 266. The Morgan fingerprint density at radius 2 is 2.18 bits per heavy atom. The lowest BCUT2D eigenvalue weighted by atomic mass is 10.2. The van der Waals surface area contributed by atoms with Gasteiger partial charge in [0.05, 0.1) is 11.9 Å². The molecule has 58 valence electrons. The van der Waals surface area contributed by atoms with Gasteiger partial charge in [-0.15, -0.1) is 0 Å². The maximum atomic E-state index is 12.4. The first kappa shape index (κ1) is 6.73. The average Bonchev–Trinajstić information content (AvgIpc) is 2.70. The summed E-state index contributed by atoms with van der Waals surface area (Å²) < 4.78 is 12.4. The van der Waals surface area contributed by atoms with Gasteiger partial charge < -0.3 is 5.11 Å². The van der Waals surface area contributed by atoms with Gasteiger partial charge in [-0.1, -0.05) is 0 Å². The summed E-state index contributed by atoms with van der Waals surface area (Å²) in [5.41, 5.74) is -0.160. The predicted octanol–water partition coefficient (Wildman–Crippen LogP) is 1.20. The van der Waals surface area contributed by atoms with Gasteiger partial charge in [-0.05, 0) is 25.0 Å². The third kappa shape index (κ3) is 1.12. The number of hydrogen-bond donors (Lipinski definition) is 1. The van der Waals surface area contributed by atoms with Crippen LogP contribution >= 0.6 is 0 Å². The molecule has 1 N–H and O–H groups in total. The van der Waals surface area contributed by atoms with E-state index in [-0.39, 0.29) is 5.82 Å². The van der Waals surface area contributed by atoms with E-state index in [0.29, 0.717) is 5.69 Å². The van der Waals surface area contributed by atoms with Crippen LogP contribution in [0.4, 0.5) is 4.39 Å². The lowest BCUT2D eigenvalue weighted by molar-refractivity contribution is 0.146. The molecule has 3 heteroatoms. The Hall–Kier alpha value is -0.960. The minimum absolute atomic E-state index is 0.363. The van der Waals surface area contributed by atoms with Crippen molar-refractivity contribution in [2.24, 2.45) is 0 Å². The summed E-state index contributed by atoms with van der Waals surface area (Å²) in [5, 5.41) is 9.51. The SMILES string of the molecule is OC1(c2ccc(F)cn2)CC1. The van der Waals surface area contributed by atoms with Crippen LogP contribution in [0.2, 0.25) is 0 Å². The largest absolute Gasteiger partial charge is 0.384 e. The molecule has 0 saturated heterocycles. The highest BCUT2D eigenvalue weighted by molar-refractivity contribution is 5.19. The van der Waals surface area contributed by atoms with Gasteiger partial charge in [-0.3, -0.25) is 4.98 Å². The molecule has 1 fully saturated rings. The van der Waals surface area contributed by atoms with E-state index < -0.39 is 5.60 Å². The molecular weight excluding hydrogens is 145 g/mol. The monoisotopic (exact) mass is 153 g/mol. The number of hydrogen-bond acceptors (Lipinski definition) is 2. The fraction of sp³-hybridized carbons (Fsp3) is 0.375. The molecule has 0 bridgehead atoms. The van der Waals surface area contributed by atoms with E-state index >= 15 is 0 Å². The molecule has 0 spiro atoms. The van der Waals surface area contributed by atoms with Gasteiger partial charge in [-0.25, -0.2) is 4.39 Å². The zero-order chi connectivity index (χ0) is 7.90. The smallest absolute Gasteiger partial charge is 0.141 e. The van der Waals surface area contributed by atoms with E-state index in [9.17, 15) is 9.50 Å². The maximum Gasteiger partial charge on any atom is 0.141 e. The van der Waals surface area contributed by atoms with Crippen LogP contribution < -0.4 is 0 Å². The number of nitrogens with zero attached hydrogens (tertiary/aromatic N) is 1. The quantitative estimate of drug-likeness (QED) is 0.657. The third-order valence-electron chi connectivity index (χ3n) is 1.93. The molecular formula is C8H8FNO. The molecule has 1 aliphatic rings. The second-order valence-electron chi connectivity index (χ2n) is 2.89.